The van der Waals surface area contributed by atoms with Crippen LogP contribution >= 0.6 is 0 Å². The maximum atomic E-state index is 11.1. The third kappa shape index (κ3) is 5.21. The molecular formula is C15H22O3. The highest BCUT2D eigenvalue weighted by molar-refractivity contribution is 5.69. The van der Waals surface area contributed by atoms with Crippen molar-refractivity contribution in [3.63, 3.8) is 0 Å². The van der Waals surface area contributed by atoms with E-state index >= 15 is 0 Å². The Kier molecular flexibility index (Phi) is 6.92. The van der Waals surface area contributed by atoms with Gasteiger partial charge in [0, 0.05) is 6.42 Å². The van der Waals surface area contributed by atoms with Crippen LogP contribution in [0.3, 0.4) is 0 Å². The lowest BCUT2D eigenvalue weighted by Gasteiger charge is -2.07. The zero-order valence-corrected chi connectivity index (χ0v) is 11.3. The second-order valence-electron chi connectivity index (χ2n) is 4.18. The first-order valence-electron chi connectivity index (χ1n) is 6.55. The van der Waals surface area contributed by atoms with Crippen LogP contribution in [0.15, 0.2) is 24.3 Å². The van der Waals surface area contributed by atoms with Crippen LogP contribution in [0.2, 0.25) is 0 Å². The molecule has 0 N–H and O–H groups in total. The number of para-hydroxylation sites is 1. The van der Waals surface area contributed by atoms with Crippen molar-refractivity contribution in [1.29, 1.82) is 0 Å². The fraction of sp³-hybridized carbons (Fsp3) is 0.533. The Morgan fingerprint density at radius 2 is 1.94 bits per heavy atom. The van der Waals surface area contributed by atoms with Gasteiger partial charge in [-0.05, 0) is 37.8 Å². The molecule has 3 heteroatoms. The molecule has 0 aromatic heterocycles. The molecule has 0 saturated heterocycles. The summed E-state index contributed by atoms with van der Waals surface area (Å²) in [6, 6.07) is 8.07. The molecule has 0 saturated carbocycles. The maximum absolute atomic E-state index is 11.1. The molecule has 18 heavy (non-hydrogen) atoms. The van der Waals surface area contributed by atoms with Crippen molar-refractivity contribution in [2.24, 2.45) is 0 Å². The van der Waals surface area contributed by atoms with Gasteiger partial charge in [-0.15, -0.1) is 0 Å². The van der Waals surface area contributed by atoms with Crippen molar-refractivity contribution in [1.82, 2.24) is 0 Å². The molecule has 0 bridgehead atoms. The smallest absolute Gasteiger partial charge is 0.305 e. The molecule has 0 amide bonds. The topological polar surface area (TPSA) is 35.5 Å². The van der Waals surface area contributed by atoms with Crippen molar-refractivity contribution in [3.8, 4) is 5.75 Å². The summed E-state index contributed by atoms with van der Waals surface area (Å²) >= 11 is 0. The minimum absolute atomic E-state index is 0.0882. The normalized spacial score (nSPS) is 10.1. The fourth-order valence-electron chi connectivity index (χ4n) is 1.90. The van der Waals surface area contributed by atoms with Gasteiger partial charge >= 0.3 is 5.97 Å². The summed E-state index contributed by atoms with van der Waals surface area (Å²) < 4.78 is 10.2. The highest BCUT2D eigenvalue weighted by Gasteiger charge is 2.03. The van der Waals surface area contributed by atoms with Crippen molar-refractivity contribution < 1.29 is 14.3 Å². The number of benzene rings is 1. The molecule has 1 rings (SSSR count). The van der Waals surface area contributed by atoms with Gasteiger partial charge in [0.2, 0.25) is 0 Å². The Labute approximate surface area is 109 Å². The number of hydrogen-bond donors (Lipinski definition) is 0. The number of carbonyl (C=O) groups is 1. The summed E-state index contributed by atoms with van der Waals surface area (Å²) in [4.78, 5) is 11.1. The zero-order valence-electron chi connectivity index (χ0n) is 11.3. The van der Waals surface area contributed by atoms with Gasteiger partial charge < -0.3 is 9.47 Å². The van der Waals surface area contributed by atoms with E-state index in [4.69, 9.17) is 9.47 Å². The first kappa shape index (κ1) is 14.6. The van der Waals surface area contributed by atoms with Gasteiger partial charge in [0.05, 0.1) is 13.7 Å². The van der Waals surface area contributed by atoms with Crippen molar-refractivity contribution >= 4 is 5.97 Å². The monoisotopic (exact) mass is 250 g/mol. The average molecular weight is 250 g/mol. The average Bonchev–Trinajstić information content (AvgIpc) is 2.39. The quantitative estimate of drug-likeness (QED) is 0.524. The lowest BCUT2D eigenvalue weighted by atomic mass is 10.1. The van der Waals surface area contributed by atoms with Gasteiger partial charge in [0.1, 0.15) is 5.75 Å². The minimum atomic E-state index is -0.0882. The summed E-state index contributed by atoms with van der Waals surface area (Å²) in [5.41, 5.74) is 1.23. The fourth-order valence-corrected chi connectivity index (χ4v) is 1.90. The van der Waals surface area contributed by atoms with Crippen LogP contribution in [-0.4, -0.2) is 19.7 Å². The van der Waals surface area contributed by atoms with Crippen LogP contribution in [0.4, 0.5) is 0 Å². The van der Waals surface area contributed by atoms with E-state index in [1.54, 1.807) is 7.11 Å². The second kappa shape index (κ2) is 8.56. The number of unbranched alkanes of at least 4 members (excludes halogenated alkanes) is 2. The summed E-state index contributed by atoms with van der Waals surface area (Å²) in [6.07, 6.45) is 4.53. The van der Waals surface area contributed by atoms with E-state index in [9.17, 15) is 4.79 Å². The lowest BCUT2D eigenvalue weighted by Crippen LogP contribution is -2.03. The van der Waals surface area contributed by atoms with E-state index in [1.807, 2.05) is 25.1 Å². The molecule has 0 radical (unpaired) electrons. The number of aryl methyl sites for hydroxylation is 1. The largest absolute Gasteiger partial charge is 0.496 e. The predicted octanol–water partition coefficient (Wildman–Crippen LogP) is 3.36. The van der Waals surface area contributed by atoms with Crippen molar-refractivity contribution in [3.05, 3.63) is 29.8 Å². The van der Waals surface area contributed by atoms with E-state index in [0.717, 1.165) is 31.4 Å². The van der Waals surface area contributed by atoms with E-state index in [-0.39, 0.29) is 5.97 Å². The van der Waals surface area contributed by atoms with Gasteiger partial charge in [0.25, 0.3) is 0 Å². The molecule has 0 atom stereocenters. The van der Waals surface area contributed by atoms with Gasteiger partial charge in [-0.2, -0.15) is 0 Å². The summed E-state index contributed by atoms with van der Waals surface area (Å²) in [5.74, 6) is 0.859. The number of hydrogen-bond acceptors (Lipinski definition) is 3. The second-order valence-corrected chi connectivity index (χ2v) is 4.18. The van der Waals surface area contributed by atoms with Crippen LogP contribution in [0.1, 0.15) is 38.2 Å². The Morgan fingerprint density at radius 3 is 2.67 bits per heavy atom. The van der Waals surface area contributed by atoms with Gasteiger partial charge in [-0.3, -0.25) is 4.79 Å². The van der Waals surface area contributed by atoms with E-state index in [2.05, 4.69) is 6.07 Å². The Bertz CT molecular complexity index is 361. The van der Waals surface area contributed by atoms with Crippen molar-refractivity contribution in [2.75, 3.05) is 13.7 Å². The van der Waals surface area contributed by atoms with E-state index in [1.165, 1.54) is 5.56 Å². The van der Waals surface area contributed by atoms with Crippen LogP contribution in [0.5, 0.6) is 5.75 Å². The molecule has 0 aliphatic carbocycles. The Morgan fingerprint density at radius 1 is 1.17 bits per heavy atom. The highest BCUT2D eigenvalue weighted by atomic mass is 16.5. The predicted molar refractivity (Wildman–Crippen MR) is 71.8 cm³/mol. The SMILES string of the molecule is CCOC(=O)CCCCCc1ccccc1OC. The molecular weight excluding hydrogens is 228 g/mol. The standard InChI is InChI=1S/C15H22O3/c1-3-18-15(16)12-6-4-5-9-13-10-7-8-11-14(13)17-2/h7-8,10-11H,3-6,9,12H2,1-2H3. The third-order valence-corrected chi connectivity index (χ3v) is 2.82. The van der Waals surface area contributed by atoms with Gasteiger partial charge in [-0.1, -0.05) is 24.6 Å². The van der Waals surface area contributed by atoms with Crippen molar-refractivity contribution in [2.45, 2.75) is 39.0 Å². The number of esters is 1. The van der Waals surface area contributed by atoms with Crippen LogP contribution in [0, 0.1) is 0 Å². The van der Waals surface area contributed by atoms with Gasteiger partial charge in [0.15, 0.2) is 0 Å². The molecule has 0 spiro atoms. The number of rotatable bonds is 8. The van der Waals surface area contributed by atoms with E-state index < -0.39 is 0 Å². The number of methoxy groups -OCH3 is 1. The highest BCUT2D eigenvalue weighted by Crippen LogP contribution is 2.19. The summed E-state index contributed by atoms with van der Waals surface area (Å²) in [7, 11) is 1.69. The first-order chi connectivity index (χ1) is 8.77. The molecule has 1 aromatic rings. The molecule has 0 fully saturated rings. The van der Waals surface area contributed by atoms with Crippen LogP contribution in [0.25, 0.3) is 0 Å². The van der Waals surface area contributed by atoms with Crippen LogP contribution in [-0.2, 0) is 16.0 Å². The summed E-state index contributed by atoms with van der Waals surface area (Å²) in [6.45, 7) is 2.31. The molecule has 3 nitrogen and oxygen atoms in total. The Balaban J connectivity index is 2.19. The molecule has 0 aliphatic heterocycles. The molecule has 0 aliphatic rings. The number of carbonyl (C=O) groups excluding carboxylic acids is 1. The number of ether oxygens (including phenoxy) is 2. The first-order valence-corrected chi connectivity index (χ1v) is 6.55. The Hall–Kier alpha value is -1.51. The molecule has 1 aromatic carbocycles. The van der Waals surface area contributed by atoms with Crippen LogP contribution < -0.4 is 4.74 Å². The molecule has 100 valence electrons. The molecule has 0 heterocycles. The minimum Gasteiger partial charge on any atom is -0.496 e. The van der Waals surface area contributed by atoms with Gasteiger partial charge in [-0.25, -0.2) is 0 Å². The molecule has 0 unspecified atom stereocenters. The lowest BCUT2D eigenvalue weighted by molar-refractivity contribution is -0.143. The zero-order chi connectivity index (χ0) is 13.2. The third-order valence-electron chi connectivity index (χ3n) is 2.82. The maximum Gasteiger partial charge on any atom is 0.305 e. The summed E-state index contributed by atoms with van der Waals surface area (Å²) in [5, 5.41) is 0. The van der Waals surface area contributed by atoms with E-state index in [0.29, 0.717) is 13.0 Å².